The van der Waals surface area contributed by atoms with Crippen LogP contribution in [0.25, 0.3) is 0 Å². The van der Waals surface area contributed by atoms with E-state index in [4.69, 9.17) is 0 Å². The third-order valence-corrected chi connectivity index (χ3v) is 4.63. The van der Waals surface area contributed by atoms with E-state index >= 15 is 0 Å². The molecule has 2 aromatic carbocycles. The van der Waals surface area contributed by atoms with Crippen molar-refractivity contribution in [1.29, 1.82) is 0 Å². The van der Waals surface area contributed by atoms with Crippen LogP contribution in [0.4, 0.5) is 5.69 Å². The molecule has 0 bridgehead atoms. The topological polar surface area (TPSA) is 59.0 Å². The highest BCUT2D eigenvalue weighted by molar-refractivity contribution is 5.95. The van der Waals surface area contributed by atoms with E-state index in [2.05, 4.69) is 33.9 Å². The highest BCUT2D eigenvalue weighted by Gasteiger charge is 2.14. The molecule has 5 nitrogen and oxygen atoms in total. The largest absolute Gasteiger partial charge is 0.324 e. The fourth-order valence-electron chi connectivity index (χ4n) is 3.03. The number of nitrogens with one attached hydrogen (secondary N) is 2. The Hall–Kier alpha value is -2.92. The average Bonchev–Trinajstić information content (AvgIpc) is 3.16. The quantitative estimate of drug-likeness (QED) is 0.674. The van der Waals surface area contributed by atoms with Gasteiger partial charge in [-0.25, -0.2) is 0 Å². The molecule has 0 saturated heterocycles. The maximum Gasteiger partial charge on any atom is 0.241 e. The lowest BCUT2D eigenvalue weighted by Gasteiger charge is -2.17. The number of nitrogens with zero attached hydrogens (tertiary/aromatic N) is 2. The fraction of sp³-hybridized carbons (Fsp3) is 0.273. The van der Waals surface area contributed by atoms with Gasteiger partial charge in [0.1, 0.15) is 0 Å². The normalized spacial score (nSPS) is 12.0. The van der Waals surface area contributed by atoms with Gasteiger partial charge in [0, 0.05) is 24.6 Å². The molecule has 140 valence electrons. The number of carbonyl (C=O) groups is 1. The number of amides is 1. The van der Waals surface area contributed by atoms with E-state index in [-0.39, 0.29) is 11.9 Å². The second-order valence-corrected chi connectivity index (χ2v) is 6.88. The molecule has 0 unspecified atom stereocenters. The summed E-state index contributed by atoms with van der Waals surface area (Å²) in [4.78, 5) is 12.5. The lowest BCUT2D eigenvalue weighted by Crippen LogP contribution is -2.37. The zero-order valence-electron chi connectivity index (χ0n) is 16.1. The number of benzene rings is 2. The van der Waals surface area contributed by atoms with Crippen molar-refractivity contribution in [3.8, 4) is 0 Å². The molecule has 0 aliphatic heterocycles. The molecular weight excluding hydrogens is 336 g/mol. The average molecular weight is 362 g/mol. The Bertz CT molecular complexity index is 882. The number of anilines is 1. The zero-order chi connectivity index (χ0) is 19.2. The Morgan fingerprint density at radius 1 is 1.07 bits per heavy atom. The molecule has 1 heterocycles. The molecule has 3 aromatic rings. The zero-order valence-corrected chi connectivity index (χ0v) is 16.1. The molecule has 0 saturated carbocycles. The molecule has 1 atom stereocenters. The van der Waals surface area contributed by atoms with Crippen LogP contribution in [0, 0.1) is 13.8 Å². The third kappa shape index (κ3) is 5.05. The van der Waals surface area contributed by atoms with Crippen LogP contribution in [-0.4, -0.2) is 21.7 Å². The summed E-state index contributed by atoms with van der Waals surface area (Å²) >= 11 is 0. The van der Waals surface area contributed by atoms with Crippen molar-refractivity contribution in [3.05, 3.63) is 83.2 Å². The molecule has 0 spiro atoms. The molecule has 2 N–H and O–H groups in total. The molecular formula is C22H26N4O. The van der Waals surface area contributed by atoms with Crippen LogP contribution in [-0.2, 0) is 17.9 Å². The second kappa shape index (κ2) is 8.64. The molecule has 0 radical (unpaired) electrons. The highest BCUT2D eigenvalue weighted by Crippen LogP contribution is 2.19. The second-order valence-electron chi connectivity index (χ2n) is 6.88. The maximum atomic E-state index is 12.5. The van der Waals surface area contributed by atoms with Gasteiger partial charge in [0.25, 0.3) is 0 Å². The van der Waals surface area contributed by atoms with Gasteiger partial charge in [-0.1, -0.05) is 42.5 Å². The van der Waals surface area contributed by atoms with Crippen molar-refractivity contribution in [1.82, 2.24) is 15.1 Å². The van der Waals surface area contributed by atoms with E-state index < -0.39 is 0 Å². The van der Waals surface area contributed by atoms with Crippen LogP contribution in [0.15, 0.2) is 60.9 Å². The van der Waals surface area contributed by atoms with Crippen molar-refractivity contribution in [3.63, 3.8) is 0 Å². The molecule has 0 aliphatic carbocycles. The van der Waals surface area contributed by atoms with Crippen LogP contribution < -0.4 is 10.6 Å². The summed E-state index contributed by atoms with van der Waals surface area (Å²) in [5.74, 6) is -0.0277. The van der Waals surface area contributed by atoms with Gasteiger partial charge < -0.3 is 10.6 Å². The van der Waals surface area contributed by atoms with E-state index in [0.717, 1.165) is 28.9 Å². The van der Waals surface area contributed by atoms with E-state index in [1.807, 2.05) is 62.0 Å². The number of aromatic nitrogens is 2. The standard InChI is InChI=1S/C22H26N4O/c1-16-7-4-8-17(2)21(16)25-22(27)18(3)23-14-19-9-5-10-20(13-19)15-26-12-6-11-24-26/h4-13,18,23H,14-15H2,1-3H3,(H,25,27)/t18-/m1/s1. The summed E-state index contributed by atoms with van der Waals surface area (Å²) in [6.45, 7) is 7.27. The Labute approximate surface area is 160 Å². The van der Waals surface area contributed by atoms with Crippen molar-refractivity contribution in [2.24, 2.45) is 0 Å². The van der Waals surface area contributed by atoms with Gasteiger partial charge in [-0.2, -0.15) is 5.10 Å². The Morgan fingerprint density at radius 3 is 2.48 bits per heavy atom. The number of hydrogen-bond acceptors (Lipinski definition) is 3. The van der Waals surface area contributed by atoms with Crippen molar-refractivity contribution in [2.75, 3.05) is 5.32 Å². The monoisotopic (exact) mass is 362 g/mol. The summed E-state index contributed by atoms with van der Waals surface area (Å²) < 4.78 is 1.90. The van der Waals surface area contributed by atoms with Crippen molar-refractivity contribution >= 4 is 11.6 Å². The number of rotatable bonds is 7. The first-order chi connectivity index (χ1) is 13.0. The van der Waals surface area contributed by atoms with E-state index in [0.29, 0.717) is 6.54 Å². The summed E-state index contributed by atoms with van der Waals surface area (Å²) in [6, 6.07) is 16.0. The lowest BCUT2D eigenvalue weighted by atomic mass is 10.1. The SMILES string of the molecule is Cc1cccc(C)c1NC(=O)[C@@H](C)NCc1cccc(Cn2cccn2)c1. The summed E-state index contributed by atoms with van der Waals surface area (Å²) in [7, 11) is 0. The minimum absolute atomic E-state index is 0.0277. The predicted molar refractivity (Wildman–Crippen MR) is 109 cm³/mol. The highest BCUT2D eigenvalue weighted by atomic mass is 16.2. The van der Waals surface area contributed by atoms with Crippen LogP contribution in [0.1, 0.15) is 29.2 Å². The molecule has 0 aliphatic rings. The number of carbonyl (C=O) groups excluding carboxylic acids is 1. The molecule has 1 aromatic heterocycles. The third-order valence-electron chi connectivity index (χ3n) is 4.63. The molecule has 5 heteroatoms. The van der Waals surface area contributed by atoms with Crippen LogP contribution in [0.3, 0.4) is 0 Å². The number of aryl methyl sites for hydroxylation is 2. The maximum absolute atomic E-state index is 12.5. The molecule has 27 heavy (non-hydrogen) atoms. The minimum Gasteiger partial charge on any atom is -0.324 e. The minimum atomic E-state index is -0.293. The molecule has 3 rings (SSSR count). The van der Waals surface area contributed by atoms with Gasteiger partial charge in [-0.05, 0) is 49.1 Å². The van der Waals surface area contributed by atoms with E-state index in [1.165, 1.54) is 5.56 Å². The smallest absolute Gasteiger partial charge is 0.241 e. The van der Waals surface area contributed by atoms with E-state index in [9.17, 15) is 4.79 Å². The number of para-hydroxylation sites is 1. The number of hydrogen-bond donors (Lipinski definition) is 2. The first kappa shape index (κ1) is 18.9. The summed E-state index contributed by atoms with van der Waals surface area (Å²) in [6.07, 6.45) is 3.73. The Morgan fingerprint density at radius 2 is 1.78 bits per heavy atom. The van der Waals surface area contributed by atoms with Crippen LogP contribution in [0.5, 0.6) is 0 Å². The van der Waals surface area contributed by atoms with Crippen molar-refractivity contribution < 1.29 is 4.79 Å². The van der Waals surface area contributed by atoms with Crippen LogP contribution >= 0.6 is 0 Å². The molecule has 0 fully saturated rings. The lowest BCUT2D eigenvalue weighted by molar-refractivity contribution is -0.117. The van der Waals surface area contributed by atoms with Gasteiger partial charge in [0.2, 0.25) is 5.91 Å². The summed E-state index contributed by atoms with van der Waals surface area (Å²) in [5, 5.41) is 10.6. The van der Waals surface area contributed by atoms with Gasteiger partial charge in [0.05, 0.1) is 12.6 Å². The molecule has 1 amide bonds. The predicted octanol–water partition coefficient (Wildman–Crippen LogP) is 3.67. The van der Waals surface area contributed by atoms with Gasteiger partial charge in [-0.15, -0.1) is 0 Å². The Kier molecular flexibility index (Phi) is 6.04. The first-order valence-electron chi connectivity index (χ1n) is 9.18. The fourth-order valence-corrected chi connectivity index (χ4v) is 3.03. The van der Waals surface area contributed by atoms with Crippen molar-refractivity contribution in [2.45, 2.75) is 39.9 Å². The van der Waals surface area contributed by atoms with Crippen LogP contribution in [0.2, 0.25) is 0 Å². The van der Waals surface area contributed by atoms with Gasteiger partial charge >= 0.3 is 0 Å². The van der Waals surface area contributed by atoms with E-state index in [1.54, 1.807) is 6.20 Å². The summed E-state index contributed by atoms with van der Waals surface area (Å²) in [5.41, 5.74) is 5.37. The first-order valence-corrected chi connectivity index (χ1v) is 9.18. The Balaban J connectivity index is 1.57. The van der Waals surface area contributed by atoms with Gasteiger partial charge in [-0.3, -0.25) is 9.48 Å². The van der Waals surface area contributed by atoms with Gasteiger partial charge in [0.15, 0.2) is 0 Å².